The van der Waals surface area contributed by atoms with E-state index in [0.29, 0.717) is 6.04 Å². The Bertz CT molecular complexity index is 565. The van der Waals surface area contributed by atoms with Crippen molar-refractivity contribution in [1.29, 1.82) is 0 Å². The molecular weight excluding hydrogens is 246 g/mol. The standard InChI is InChI=1S/C18H21NO/c1-19-18(10-7-14-5-3-2-4-6-14)15-8-9-16-12-20-13-17(16)11-15/h2-6,8-9,11,18-19H,7,10,12-13H2,1H3. The van der Waals surface area contributed by atoms with Crippen LogP contribution in [0.25, 0.3) is 0 Å². The number of ether oxygens (including phenoxy) is 1. The van der Waals surface area contributed by atoms with Crippen molar-refractivity contribution in [3.05, 3.63) is 70.8 Å². The molecule has 3 rings (SSSR count). The summed E-state index contributed by atoms with van der Waals surface area (Å²) < 4.78 is 5.49. The summed E-state index contributed by atoms with van der Waals surface area (Å²) >= 11 is 0. The van der Waals surface area contributed by atoms with Crippen molar-refractivity contribution in [2.24, 2.45) is 0 Å². The molecule has 1 aliphatic heterocycles. The number of hydrogen-bond donors (Lipinski definition) is 1. The van der Waals surface area contributed by atoms with E-state index < -0.39 is 0 Å². The van der Waals surface area contributed by atoms with Crippen molar-refractivity contribution in [2.45, 2.75) is 32.1 Å². The number of benzene rings is 2. The summed E-state index contributed by atoms with van der Waals surface area (Å²) in [7, 11) is 2.04. The van der Waals surface area contributed by atoms with Crippen LogP contribution < -0.4 is 5.32 Å². The van der Waals surface area contributed by atoms with Gasteiger partial charge < -0.3 is 10.1 Å². The second-order valence-electron chi connectivity index (χ2n) is 5.39. The normalized spacial score (nSPS) is 15.1. The van der Waals surface area contributed by atoms with Crippen LogP contribution in [0.1, 0.15) is 34.7 Å². The van der Waals surface area contributed by atoms with E-state index in [-0.39, 0.29) is 0 Å². The Hall–Kier alpha value is -1.64. The van der Waals surface area contributed by atoms with Crippen LogP contribution in [0.5, 0.6) is 0 Å². The molecule has 1 heterocycles. The van der Waals surface area contributed by atoms with Gasteiger partial charge in [0.1, 0.15) is 0 Å². The molecule has 2 nitrogen and oxygen atoms in total. The van der Waals surface area contributed by atoms with Gasteiger partial charge in [0.2, 0.25) is 0 Å². The van der Waals surface area contributed by atoms with Crippen molar-refractivity contribution in [3.8, 4) is 0 Å². The lowest BCUT2D eigenvalue weighted by molar-refractivity contribution is 0.134. The predicted octanol–water partition coefficient (Wildman–Crippen LogP) is 3.61. The molecule has 1 aliphatic rings. The number of fused-ring (bicyclic) bond motifs is 1. The van der Waals surface area contributed by atoms with Crippen molar-refractivity contribution in [3.63, 3.8) is 0 Å². The largest absolute Gasteiger partial charge is 0.372 e. The second-order valence-corrected chi connectivity index (χ2v) is 5.39. The number of aryl methyl sites for hydroxylation is 1. The average Bonchev–Trinajstić information content (AvgIpc) is 2.96. The van der Waals surface area contributed by atoms with Gasteiger partial charge in [0.25, 0.3) is 0 Å². The van der Waals surface area contributed by atoms with Crippen LogP contribution in [-0.4, -0.2) is 7.05 Å². The van der Waals surface area contributed by atoms with Crippen molar-refractivity contribution >= 4 is 0 Å². The lowest BCUT2D eigenvalue weighted by Gasteiger charge is -2.17. The zero-order valence-electron chi connectivity index (χ0n) is 11.9. The Morgan fingerprint density at radius 2 is 1.85 bits per heavy atom. The van der Waals surface area contributed by atoms with Crippen molar-refractivity contribution in [2.75, 3.05) is 7.05 Å². The second kappa shape index (κ2) is 6.21. The molecule has 2 aromatic rings. The molecule has 0 aromatic heterocycles. The molecule has 0 saturated heterocycles. The van der Waals surface area contributed by atoms with Gasteiger partial charge in [-0.2, -0.15) is 0 Å². The molecule has 0 bridgehead atoms. The molecule has 0 spiro atoms. The van der Waals surface area contributed by atoms with Crippen LogP contribution in [0.4, 0.5) is 0 Å². The third-order valence-corrected chi connectivity index (χ3v) is 4.06. The van der Waals surface area contributed by atoms with Crippen LogP contribution in [-0.2, 0) is 24.4 Å². The Morgan fingerprint density at radius 3 is 2.65 bits per heavy atom. The van der Waals surface area contributed by atoms with E-state index in [0.717, 1.165) is 26.1 Å². The van der Waals surface area contributed by atoms with E-state index in [2.05, 4.69) is 53.8 Å². The Morgan fingerprint density at radius 1 is 1.05 bits per heavy atom. The van der Waals surface area contributed by atoms with Crippen molar-refractivity contribution in [1.82, 2.24) is 5.32 Å². The van der Waals surface area contributed by atoms with Gasteiger partial charge in [-0.15, -0.1) is 0 Å². The predicted molar refractivity (Wildman–Crippen MR) is 81.5 cm³/mol. The van der Waals surface area contributed by atoms with E-state index in [1.807, 2.05) is 7.05 Å². The summed E-state index contributed by atoms with van der Waals surface area (Å²) in [6, 6.07) is 17.8. The minimum absolute atomic E-state index is 0.404. The summed E-state index contributed by atoms with van der Waals surface area (Å²) in [5.41, 5.74) is 5.46. The number of hydrogen-bond acceptors (Lipinski definition) is 2. The zero-order chi connectivity index (χ0) is 13.8. The van der Waals surface area contributed by atoms with Gasteiger partial charge in [0.05, 0.1) is 13.2 Å². The molecule has 104 valence electrons. The first kappa shape index (κ1) is 13.3. The summed E-state index contributed by atoms with van der Waals surface area (Å²) in [5.74, 6) is 0. The van der Waals surface area contributed by atoms with Gasteiger partial charge in [-0.25, -0.2) is 0 Å². The maximum absolute atomic E-state index is 5.49. The molecule has 2 aromatic carbocycles. The highest BCUT2D eigenvalue weighted by molar-refractivity contribution is 5.34. The molecule has 1 atom stereocenters. The van der Waals surface area contributed by atoms with Gasteiger partial charge in [-0.1, -0.05) is 48.5 Å². The monoisotopic (exact) mass is 267 g/mol. The lowest BCUT2D eigenvalue weighted by Crippen LogP contribution is -2.17. The highest BCUT2D eigenvalue weighted by Gasteiger charge is 2.15. The van der Waals surface area contributed by atoms with Crippen LogP contribution in [0, 0.1) is 0 Å². The van der Waals surface area contributed by atoms with Crippen LogP contribution in [0.3, 0.4) is 0 Å². The van der Waals surface area contributed by atoms with Crippen LogP contribution >= 0.6 is 0 Å². The molecule has 0 saturated carbocycles. The van der Waals surface area contributed by atoms with Crippen molar-refractivity contribution < 1.29 is 4.74 Å². The summed E-state index contributed by atoms with van der Waals surface area (Å²) in [6.07, 6.45) is 2.21. The summed E-state index contributed by atoms with van der Waals surface area (Å²) in [4.78, 5) is 0. The van der Waals surface area contributed by atoms with E-state index >= 15 is 0 Å². The molecule has 1 unspecified atom stereocenters. The molecule has 1 N–H and O–H groups in total. The minimum Gasteiger partial charge on any atom is -0.372 e. The Balaban J connectivity index is 1.70. The Kier molecular flexibility index (Phi) is 4.14. The Labute approximate surface area is 120 Å². The third kappa shape index (κ3) is 2.92. The first-order chi connectivity index (χ1) is 9.86. The van der Waals surface area contributed by atoms with Gasteiger partial charge in [-0.05, 0) is 42.1 Å². The molecule has 20 heavy (non-hydrogen) atoms. The average molecular weight is 267 g/mol. The highest BCUT2D eigenvalue weighted by Crippen LogP contribution is 2.26. The zero-order valence-corrected chi connectivity index (χ0v) is 11.9. The number of rotatable bonds is 5. The fraction of sp³-hybridized carbons (Fsp3) is 0.333. The maximum Gasteiger partial charge on any atom is 0.0725 e. The smallest absolute Gasteiger partial charge is 0.0725 e. The molecule has 0 radical (unpaired) electrons. The van der Waals surface area contributed by atoms with E-state index in [1.54, 1.807) is 0 Å². The first-order valence-corrected chi connectivity index (χ1v) is 7.27. The molecule has 0 fully saturated rings. The third-order valence-electron chi connectivity index (χ3n) is 4.06. The van der Waals surface area contributed by atoms with Crippen LogP contribution in [0.2, 0.25) is 0 Å². The highest BCUT2D eigenvalue weighted by atomic mass is 16.5. The van der Waals surface area contributed by atoms with Gasteiger partial charge >= 0.3 is 0 Å². The van der Waals surface area contributed by atoms with Crippen LogP contribution in [0.15, 0.2) is 48.5 Å². The van der Waals surface area contributed by atoms with Gasteiger partial charge in [0, 0.05) is 6.04 Å². The lowest BCUT2D eigenvalue weighted by atomic mass is 9.96. The summed E-state index contributed by atoms with van der Waals surface area (Å²) in [5, 5.41) is 3.44. The molecule has 2 heteroatoms. The first-order valence-electron chi connectivity index (χ1n) is 7.27. The molecule has 0 aliphatic carbocycles. The SMILES string of the molecule is CNC(CCc1ccccc1)c1ccc2c(c1)COC2. The number of nitrogens with one attached hydrogen (secondary N) is 1. The topological polar surface area (TPSA) is 21.3 Å². The van der Waals surface area contributed by atoms with Gasteiger partial charge in [0.15, 0.2) is 0 Å². The van der Waals surface area contributed by atoms with E-state index in [4.69, 9.17) is 4.74 Å². The van der Waals surface area contributed by atoms with E-state index in [9.17, 15) is 0 Å². The maximum atomic E-state index is 5.49. The minimum atomic E-state index is 0.404. The molecule has 0 amide bonds. The van der Waals surface area contributed by atoms with E-state index in [1.165, 1.54) is 22.3 Å². The quantitative estimate of drug-likeness (QED) is 0.893. The fourth-order valence-electron chi connectivity index (χ4n) is 2.84. The fourth-order valence-corrected chi connectivity index (χ4v) is 2.84. The van der Waals surface area contributed by atoms with Gasteiger partial charge in [-0.3, -0.25) is 0 Å². The molecular formula is C18H21NO. The summed E-state index contributed by atoms with van der Waals surface area (Å²) in [6.45, 7) is 1.53.